The molecule has 0 spiro atoms. The number of ether oxygens (including phenoxy) is 1. The zero-order valence-electron chi connectivity index (χ0n) is 20.0. The summed E-state index contributed by atoms with van der Waals surface area (Å²) in [5, 5.41) is 0. The van der Waals surface area contributed by atoms with Gasteiger partial charge in [-0.2, -0.15) is 0 Å². The standard InChI is InChI=1S/C32H38O/c1-3-27(25-24-26-16-14-15-17-26)31(4-2)33-32(28-18-8-5-9-19-28,29-20-10-6-11-21-29)30-22-12-7-13-23-30/h4-13,18-23,26-27,31H,2-3,14-17,24-25H2,1H3. The highest BCUT2D eigenvalue weighted by atomic mass is 16.5. The van der Waals surface area contributed by atoms with Gasteiger partial charge in [-0.05, 0) is 34.9 Å². The maximum Gasteiger partial charge on any atom is 0.144 e. The zero-order chi connectivity index (χ0) is 22.9. The molecule has 33 heavy (non-hydrogen) atoms. The van der Waals surface area contributed by atoms with Crippen LogP contribution in [-0.2, 0) is 10.3 Å². The third-order valence-corrected chi connectivity index (χ3v) is 7.50. The summed E-state index contributed by atoms with van der Waals surface area (Å²) in [7, 11) is 0. The average molecular weight is 439 g/mol. The van der Waals surface area contributed by atoms with Crippen molar-refractivity contribution in [2.45, 2.75) is 63.6 Å². The Bertz CT molecular complexity index is 860. The predicted octanol–water partition coefficient (Wildman–Crippen LogP) is 8.55. The molecule has 1 aliphatic carbocycles. The molecule has 1 aliphatic rings. The maximum atomic E-state index is 7.30. The molecule has 0 bridgehead atoms. The van der Waals surface area contributed by atoms with E-state index in [0.29, 0.717) is 5.92 Å². The second kappa shape index (κ2) is 11.5. The van der Waals surface area contributed by atoms with Crippen molar-refractivity contribution in [3.63, 3.8) is 0 Å². The van der Waals surface area contributed by atoms with E-state index in [1.54, 1.807) is 0 Å². The first-order valence-electron chi connectivity index (χ1n) is 12.7. The number of benzene rings is 3. The van der Waals surface area contributed by atoms with E-state index in [9.17, 15) is 0 Å². The van der Waals surface area contributed by atoms with Gasteiger partial charge < -0.3 is 4.74 Å². The fraction of sp³-hybridized carbons (Fsp3) is 0.375. The topological polar surface area (TPSA) is 9.23 Å². The molecule has 0 saturated heterocycles. The van der Waals surface area contributed by atoms with Gasteiger partial charge >= 0.3 is 0 Å². The highest BCUT2D eigenvalue weighted by Crippen LogP contribution is 2.43. The highest BCUT2D eigenvalue weighted by Gasteiger charge is 2.40. The van der Waals surface area contributed by atoms with Gasteiger partial charge in [0.05, 0.1) is 6.10 Å². The molecular formula is C32H38O. The van der Waals surface area contributed by atoms with Crippen molar-refractivity contribution in [2.24, 2.45) is 11.8 Å². The fourth-order valence-electron chi connectivity index (χ4n) is 5.61. The minimum Gasteiger partial charge on any atom is -0.353 e. The lowest BCUT2D eigenvalue weighted by atomic mass is 9.79. The van der Waals surface area contributed by atoms with E-state index in [2.05, 4.69) is 104 Å². The first-order valence-corrected chi connectivity index (χ1v) is 12.7. The molecule has 0 amide bonds. The lowest BCUT2D eigenvalue weighted by molar-refractivity contribution is -0.0532. The van der Waals surface area contributed by atoms with Crippen LogP contribution in [-0.4, -0.2) is 6.10 Å². The van der Waals surface area contributed by atoms with Crippen LogP contribution >= 0.6 is 0 Å². The van der Waals surface area contributed by atoms with Crippen LogP contribution in [0.1, 0.15) is 68.6 Å². The van der Waals surface area contributed by atoms with Gasteiger partial charge in [0, 0.05) is 0 Å². The molecule has 3 aromatic carbocycles. The Labute approximate surface area is 200 Å². The molecule has 2 unspecified atom stereocenters. The van der Waals surface area contributed by atoms with E-state index in [4.69, 9.17) is 4.74 Å². The summed E-state index contributed by atoms with van der Waals surface area (Å²) in [6, 6.07) is 32.1. The Kier molecular flexibility index (Phi) is 8.18. The quantitative estimate of drug-likeness (QED) is 0.215. The van der Waals surface area contributed by atoms with Crippen LogP contribution in [0.15, 0.2) is 104 Å². The molecule has 1 nitrogen and oxygen atoms in total. The molecule has 4 rings (SSSR count). The summed E-state index contributed by atoms with van der Waals surface area (Å²) in [6.45, 7) is 6.55. The molecular weight excluding hydrogens is 400 g/mol. The van der Waals surface area contributed by atoms with Gasteiger partial charge in [-0.1, -0.05) is 143 Å². The zero-order valence-corrected chi connectivity index (χ0v) is 20.0. The van der Waals surface area contributed by atoms with Crippen LogP contribution < -0.4 is 0 Å². The third-order valence-electron chi connectivity index (χ3n) is 7.50. The Morgan fingerprint density at radius 2 is 1.27 bits per heavy atom. The van der Waals surface area contributed by atoms with Gasteiger partial charge in [-0.15, -0.1) is 6.58 Å². The molecule has 0 heterocycles. The minimum absolute atomic E-state index is 0.0305. The SMILES string of the molecule is C=CC(OC(c1ccccc1)(c1ccccc1)c1ccccc1)C(CC)CCC1CCCC1. The summed E-state index contributed by atoms with van der Waals surface area (Å²) in [6.07, 6.45) is 11.2. The Hall–Kier alpha value is -2.64. The molecule has 1 heteroatoms. The van der Waals surface area contributed by atoms with E-state index >= 15 is 0 Å². The summed E-state index contributed by atoms with van der Waals surface area (Å²) >= 11 is 0. The van der Waals surface area contributed by atoms with E-state index in [-0.39, 0.29) is 6.10 Å². The van der Waals surface area contributed by atoms with Crippen molar-refractivity contribution < 1.29 is 4.74 Å². The van der Waals surface area contributed by atoms with Crippen molar-refractivity contribution in [1.82, 2.24) is 0 Å². The number of hydrogen-bond acceptors (Lipinski definition) is 1. The molecule has 1 saturated carbocycles. The molecule has 0 N–H and O–H groups in total. The lowest BCUT2D eigenvalue weighted by Crippen LogP contribution is -2.39. The summed E-state index contributed by atoms with van der Waals surface area (Å²) < 4.78 is 7.30. The van der Waals surface area contributed by atoms with Crippen molar-refractivity contribution in [1.29, 1.82) is 0 Å². The van der Waals surface area contributed by atoms with E-state index in [0.717, 1.165) is 29.0 Å². The van der Waals surface area contributed by atoms with Crippen LogP contribution in [0.5, 0.6) is 0 Å². The molecule has 3 aromatic rings. The van der Waals surface area contributed by atoms with Gasteiger partial charge in [0.1, 0.15) is 5.60 Å². The van der Waals surface area contributed by atoms with Crippen LogP contribution in [0.2, 0.25) is 0 Å². The second-order valence-electron chi connectivity index (χ2n) is 9.49. The lowest BCUT2D eigenvalue weighted by Gasteiger charge is -2.40. The van der Waals surface area contributed by atoms with E-state index < -0.39 is 5.60 Å². The first kappa shape index (κ1) is 23.5. The van der Waals surface area contributed by atoms with Gasteiger partial charge in [-0.3, -0.25) is 0 Å². The molecule has 1 fully saturated rings. The Morgan fingerprint density at radius 3 is 1.67 bits per heavy atom. The van der Waals surface area contributed by atoms with E-state index in [1.807, 2.05) is 6.08 Å². The molecule has 0 aromatic heterocycles. The Balaban J connectivity index is 1.75. The predicted molar refractivity (Wildman–Crippen MR) is 139 cm³/mol. The highest BCUT2D eigenvalue weighted by molar-refractivity contribution is 5.47. The minimum atomic E-state index is -0.691. The third kappa shape index (κ3) is 5.31. The number of rotatable bonds is 11. The smallest absolute Gasteiger partial charge is 0.144 e. The van der Waals surface area contributed by atoms with Gasteiger partial charge in [0.2, 0.25) is 0 Å². The second-order valence-corrected chi connectivity index (χ2v) is 9.49. The summed E-state index contributed by atoms with van der Waals surface area (Å²) in [4.78, 5) is 0. The van der Waals surface area contributed by atoms with Crippen LogP contribution in [0.4, 0.5) is 0 Å². The van der Waals surface area contributed by atoms with Crippen molar-refractivity contribution in [2.75, 3.05) is 0 Å². The maximum absolute atomic E-state index is 7.30. The van der Waals surface area contributed by atoms with Gasteiger partial charge in [0.25, 0.3) is 0 Å². The van der Waals surface area contributed by atoms with E-state index in [1.165, 1.54) is 38.5 Å². The molecule has 0 aliphatic heterocycles. The molecule has 2 atom stereocenters. The summed E-state index contributed by atoms with van der Waals surface area (Å²) in [5.41, 5.74) is 2.77. The summed E-state index contributed by atoms with van der Waals surface area (Å²) in [5.74, 6) is 1.35. The molecule has 0 radical (unpaired) electrons. The normalized spacial score (nSPS) is 16.4. The fourth-order valence-corrected chi connectivity index (χ4v) is 5.61. The van der Waals surface area contributed by atoms with Crippen LogP contribution in [0.25, 0.3) is 0 Å². The number of hydrogen-bond donors (Lipinski definition) is 0. The molecule has 172 valence electrons. The van der Waals surface area contributed by atoms with Gasteiger partial charge in [0.15, 0.2) is 0 Å². The van der Waals surface area contributed by atoms with Crippen molar-refractivity contribution in [3.05, 3.63) is 120 Å². The first-order chi connectivity index (χ1) is 16.3. The van der Waals surface area contributed by atoms with Crippen LogP contribution in [0.3, 0.4) is 0 Å². The monoisotopic (exact) mass is 438 g/mol. The van der Waals surface area contributed by atoms with Crippen LogP contribution in [0, 0.1) is 11.8 Å². The van der Waals surface area contributed by atoms with Crippen molar-refractivity contribution in [3.8, 4) is 0 Å². The largest absolute Gasteiger partial charge is 0.353 e. The van der Waals surface area contributed by atoms with Gasteiger partial charge in [-0.25, -0.2) is 0 Å². The Morgan fingerprint density at radius 1 is 0.818 bits per heavy atom. The average Bonchev–Trinajstić information content (AvgIpc) is 3.41. The van der Waals surface area contributed by atoms with Crippen molar-refractivity contribution >= 4 is 0 Å².